The Hall–Kier alpha value is -1.13. The zero-order valence-electron chi connectivity index (χ0n) is 10.1. The molecule has 4 heteroatoms. The summed E-state index contributed by atoms with van der Waals surface area (Å²) in [5, 5.41) is 0. The molecule has 0 aliphatic rings. The molecule has 1 atom stereocenters. The van der Waals surface area contributed by atoms with E-state index in [1.807, 2.05) is 26.8 Å². The number of rotatable bonds is 6. The average Bonchev–Trinajstić information content (AvgIpc) is 2.26. The van der Waals surface area contributed by atoms with Gasteiger partial charge < -0.3 is 15.2 Å². The summed E-state index contributed by atoms with van der Waals surface area (Å²) in [7, 11) is 0. The minimum Gasteiger partial charge on any atom is -0.492 e. The number of hydrogen-bond donors (Lipinski definition) is 1. The average molecular weight is 224 g/mol. The molecule has 1 rings (SSSR count). The van der Waals surface area contributed by atoms with E-state index < -0.39 is 0 Å². The Morgan fingerprint density at radius 1 is 1.38 bits per heavy atom. The van der Waals surface area contributed by atoms with Crippen LogP contribution in [-0.4, -0.2) is 24.3 Å². The predicted molar refractivity (Wildman–Crippen MR) is 63.4 cm³/mol. The third-order valence-corrected chi connectivity index (χ3v) is 2.08. The lowest BCUT2D eigenvalue weighted by Crippen LogP contribution is -2.19. The van der Waals surface area contributed by atoms with Gasteiger partial charge in [-0.2, -0.15) is 0 Å². The maximum atomic E-state index is 5.99. The molecule has 4 nitrogen and oxygen atoms in total. The summed E-state index contributed by atoms with van der Waals surface area (Å²) >= 11 is 0. The molecular weight excluding hydrogens is 204 g/mol. The lowest BCUT2D eigenvalue weighted by molar-refractivity contribution is 0.0682. The summed E-state index contributed by atoms with van der Waals surface area (Å²) in [5.74, 6) is 0.750. The topological polar surface area (TPSA) is 57.4 Å². The third-order valence-electron chi connectivity index (χ3n) is 2.08. The Balaban J connectivity index is 2.60. The fourth-order valence-electron chi connectivity index (χ4n) is 1.28. The van der Waals surface area contributed by atoms with Crippen LogP contribution in [0.15, 0.2) is 18.5 Å². The Bertz CT molecular complexity index is 316. The molecular formula is C12H20N2O2. The molecule has 0 radical (unpaired) electrons. The van der Waals surface area contributed by atoms with Crippen molar-refractivity contribution in [1.82, 2.24) is 4.98 Å². The Morgan fingerprint density at radius 2 is 2.12 bits per heavy atom. The van der Waals surface area contributed by atoms with Crippen LogP contribution >= 0.6 is 0 Å². The molecule has 0 bridgehead atoms. The van der Waals surface area contributed by atoms with Crippen molar-refractivity contribution in [2.24, 2.45) is 5.73 Å². The first kappa shape index (κ1) is 12.9. The van der Waals surface area contributed by atoms with E-state index in [1.54, 1.807) is 12.4 Å². The summed E-state index contributed by atoms with van der Waals surface area (Å²) in [6, 6.07) is 1.75. The molecule has 0 aliphatic carbocycles. The van der Waals surface area contributed by atoms with Gasteiger partial charge in [-0.1, -0.05) is 0 Å². The zero-order chi connectivity index (χ0) is 12.0. The van der Waals surface area contributed by atoms with Crippen LogP contribution in [0, 0.1) is 0 Å². The summed E-state index contributed by atoms with van der Waals surface area (Å²) in [6.45, 7) is 7.04. The van der Waals surface area contributed by atoms with Gasteiger partial charge in [0.25, 0.3) is 0 Å². The highest BCUT2D eigenvalue weighted by Gasteiger charge is 2.08. The standard InChI is InChI=1S/C12H20N2O2/c1-4-15-11-5-10(6-14-7-11)12(13)8-16-9(2)3/h5-7,9,12H,4,8,13H2,1-3H3. The molecule has 0 aromatic carbocycles. The van der Waals surface area contributed by atoms with Gasteiger partial charge in [-0.3, -0.25) is 4.98 Å². The van der Waals surface area contributed by atoms with Crippen LogP contribution in [0.4, 0.5) is 0 Å². The van der Waals surface area contributed by atoms with E-state index in [9.17, 15) is 0 Å². The van der Waals surface area contributed by atoms with Gasteiger partial charge in [0, 0.05) is 6.20 Å². The number of pyridine rings is 1. The summed E-state index contributed by atoms with van der Waals surface area (Å²) in [5.41, 5.74) is 6.92. The van der Waals surface area contributed by atoms with Crippen LogP contribution in [0.1, 0.15) is 32.4 Å². The number of hydrogen-bond acceptors (Lipinski definition) is 4. The first-order chi connectivity index (χ1) is 7.63. The number of aromatic nitrogens is 1. The van der Waals surface area contributed by atoms with Gasteiger partial charge in [0.1, 0.15) is 5.75 Å². The van der Waals surface area contributed by atoms with E-state index >= 15 is 0 Å². The lowest BCUT2D eigenvalue weighted by Gasteiger charge is -2.15. The molecule has 0 aliphatic heterocycles. The van der Waals surface area contributed by atoms with Crippen molar-refractivity contribution in [1.29, 1.82) is 0 Å². The molecule has 0 saturated heterocycles. The van der Waals surface area contributed by atoms with Crippen LogP contribution in [0.25, 0.3) is 0 Å². The van der Waals surface area contributed by atoms with Crippen molar-refractivity contribution >= 4 is 0 Å². The monoisotopic (exact) mass is 224 g/mol. The molecule has 1 aromatic rings. The smallest absolute Gasteiger partial charge is 0.137 e. The molecule has 0 saturated carbocycles. The van der Waals surface area contributed by atoms with Crippen LogP contribution in [0.2, 0.25) is 0 Å². The fraction of sp³-hybridized carbons (Fsp3) is 0.583. The second-order valence-electron chi connectivity index (χ2n) is 3.88. The van der Waals surface area contributed by atoms with Crippen molar-refractivity contribution in [3.05, 3.63) is 24.0 Å². The number of nitrogens with two attached hydrogens (primary N) is 1. The molecule has 90 valence electrons. The number of ether oxygens (including phenoxy) is 2. The summed E-state index contributed by atoms with van der Waals surface area (Å²) in [4.78, 5) is 4.09. The fourth-order valence-corrected chi connectivity index (χ4v) is 1.28. The summed E-state index contributed by atoms with van der Waals surface area (Å²) in [6.07, 6.45) is 3.62. The van der Waals surface area contributed by atoms with Crippen LogP contribution in [0.5, 0.6) is 5.75 Å². The van der Waals surface area contributed by atoms with E-state index in [0.29, 0.717) is 13.2 Å². The molecule has 1 unspecified atom stereocenters. The second-order valence-corrected chi connectivity index (χ2v) is 3.88. The van der Waals surface area contributed by atoms with E-state index in [0.717, 1.165) is 11.3 Å². The van der Waals surface area contributed by atoms with Gasteiger partial charge in [-0.05, 0) is 32.4 Å². The maximum absolute atomic E-state index is 5.99. The van der Waals surface area contributed by atoms with Gasteiger partial charge in [-0.15, -0.1) is 0 Å². The minimum atomic E-state index is -0.157. The van der Waals surface area contributed by atoms with Gasteiger partial charge in [-0.25, -0.2) is 0 Å². The summed E-state index contributed by atoms with van der Waals surface area (Å²) < 4.78 is 10.8. The minimum absolute atomic E-state index is 0.157. The molecule has 0 amide bonds. The van der Waals surface area contributed by atoms with Gasteiger partial charge in [0.15, 0.2) is 0 Å². The normalized spacial score (nSPS) is 12.8. The van der Waals surface area contributed by atoms with E-state index in [1.165, 1.54) is 0 Å². The van der Waals surface area contributed by atoms with E-state index in [2.05, 4.69) is 4.98 Å². The highest BCUT2D eigenvalue weighted by atomic mass is 16.5. The first-order valence-electron chi connectivity index (χ1n) is 5.58. The Morgan fingerprint density at radius 3 is 2.75 bits per heavy atom. The highest BCUT2D eigenvalue weighted by Crippen LogP contribution is 2.16. The zero-order valence-corrected chi connectivity index (χ0v) is 10.1. The largest absolute Gasteiger partial charge is 0.492 e. The van der Waals surface area contributed by atoms with Crippen LogP contribution < -0.4 is 10.5 Å². The molecule has 2 N–H and O–H groups in total. The van der Waals surface area contributed by atoms with Crippen molar-refractivity contribution < 1.29 is 9.47 Å². The van der Waals surface area contributed by atoms with Crippen LogP contribution in [-0.2, 0) is 4.74 Å². The molecule has 16 heavy (non-hydrogen) atoms. The molecule has 1 aromatic heterocycles. The molecule has 0 spiro atoms. The van der Waals surface area contributed by atoms with Gasteiger partial charge in [0.05, 0.1) is 31.6 Å². The Labute approximate surface area is 96.8 Å². The quantitative estimate of drug-likeness (QED) is 0.802. The first-order valence-corrected chi connectivity index (χ1v) is 5.58. The van der Waals surface area contributed by atoms with Crippen molar-refractivity contribution in [2.75, 3.05) is 13.2 Å². The third kappa shape index (κ3) is 4.16. The van der Waals surface area contributed by atoms with Gasteiger partial charge in [0.2, 0.25) is 0 Å². The van der Waals surface area contributed by atoms with Crippen molar-refractivity contribution in [2.45, 2.75) is 32.9 Å². The molecule has 0 fully saturated rings. The predicted octanol–water partition coefficient (Wildman–Crippen LogP) is 1.91. The molecule has 1 heterocycles. The SMILES string of the molecule is CCOc1cncc(C(N)COC(C)C)c1. The van der Waals surface area contributed by atoms with E-state index in [-0.39, 0.29) is 12.1 Å². The number of nitrogens with zero attached hydrogens (tertiary/aromatic N) is 1. The van der Waals surface area contributed by atoms with Crippen LogP contribution in [0.3, 0.4) is 0 Å². The van der Waals surface area contributed by atoms with E-state index in [4.69, 9.17) is 15.2 Å². The second kappa shape index (κ2) is 6.45. The van der Waals surface area contributed by atoms with Crippen molar-refractivity contribution in [3.8, 4) is 5.75 Å². The Kier molecular flexibility index (Phi) is 5.22. The van der Waals surface area contributed by atoms with Gasteiger partial charge >= 0.3 is 0 Å². The highest BCUT2D eigenvalue weighted by molar-refractivity contribution is 5.25. The lowest BCUT2D eigenvalue weighted by atomic mass is 10.1. The maximum Gasteiger partial charge on any atom is 0.137 e. The van der Waals surface area contributed by atoms with Crippen molar-refractivity contribution in [3.63, 3.8) is 0 Å².